The summed E-state index contributed by atoms with van der Waals surface area (Å²) in [7, 11) is 1.52. The number of esters is 1. The van der Waals surface area contributed by atoms with Crippen molar-refractivity contribution in [1.82, 2.24) is 10.6 Å². The van der Waals surface area contributed by atoms with Crippen molar-refractivity contribution in [3.05, 3.63) is 63.2 Å². The van der Waals surface area contributed by atoms with Gasteiger partial charge in [-0.1, -0.05) is 0 Å². The molecular weight excluding hydrogens is 458 g/mol. The lowest BCUT2D eigenvalue weighted by Gasteiger charge is -2.30. The van der Waals surface area contributed by atoms with Gasteiger partial charge < -0.3 is 29.6 Å². The zero-order chi connectivity index (χ0) is 25.5. The van der Waals surface area contributed by atoms with Crippen LogP contribution in [0, 0.1) is 10.1 Å². The number of nitro benzene ring substituents is 1. The highest BCUT2D eigenvalue weighted by atomic mass is 16.6. The monoisotopic (exact) mass is 485 g/mol. The Kier molecular flexibility index (Phi) is 8.13. The Hall–Kier alpha value is -4.28. The second kappa shape index (κ2) is 11.2. The van der Waals surface area contributed by atoms with Gasteiger partial charge in [0.25, 0.3) is 0 Å². The summed E-state index contributed by atoms with van der Waals surface area (Å²) < 4.78 is 21.7. The highest BCUT2D eigenvalue weighted by Gasteiger charge is 2.37. The maximum atomic E-state index is 13.2. The predicted molar refractivity (Wildman–Crippen MR) is 126 cm³/mol. The number of benzene rings is 2. The van der Waals surface area contributed by atoms with Crippen molar-refractivity contribution < 1.29 is 33.5 Å². The number of nitrogens with zero attached hydrogens (tertiary/aromatic N) is 1. The first kappa shape index (κ1) is 25.3. The normalized spacial score (nSPS) is 15.1. The topological polar surface area (TPSA) is 138 Å². The largest absolute Gasteiger partial charge is 0.497 e. The molecule has 11 nitrogen and oxygen atoms in total. The molecule has 0 saturated heterocycles. The van der Waals surface area contributed by atoms with Gasteiger partial charge in [-0.3, -0.25) is 10.1 Å². The maximum Gasteiger partial charge on any atom is 0.338 e. The van der Waals surface area contributed by atoms with E-state index in [9.17, 15) is 19.7 Å². The molecule has 0 fully saturated rings. The Balaban J connectivity index is 2.29. The van der Waals surface area contributed by atoms with E-state index in [1.54, 1.807) is 45.0 Å². The van der Waals surface area contributed by atoms with Gasteiger partial charge in [0.15, 0.2) is 0 Å². The van der Waals surface area contributed by atoms with E-state index < -0.39 is 23.0 Å². The minimum atomic E-state index is -1.10. The molecule has 1 atom stereocenters. The van der Waals surface area contributed by atoms with Gasteiger partial charge in [-0.25, -0.2) is 9.59 Å². The molecule has 2 aromatic rings. The average Bonchev–Trinajstić information content (AvgIpc) is 2.84. The number of amides is 2. The van der Waals surface area contributed by atoms with E-state index in [1.807, 2.05) is 0 Å². The van der Waals surface area contributed by atoms with Crippen molar-refractivity contribution in [2.24, 2.45) is 0 Å². The van der Waals surface area contributed by atoms with Gasteiger partial charge in [-0.05, 0) is 50.6 Å². The third-order valence-corrected chi connectivity index (χ3v) is 5.14. The fraction of sp³-hybridized carbons (Fsp3) is 0.333. The number of rotatable bonds is 10. The average molecular weight is 485 g/mol. The molecule has 2 amide bonds. The van der Waals surface area contributed by atoms with E-state index in [0.29, 0.717) is 11.3 Å². The highest BCUT2D eigenvalue weighted by Crippen LogP contribution is 2.42. The molecule has 0 radical (unpaired) electrons. The van der Waals surface area contributed by atoms with Gasteiger partial charge >= 0.3 is 17.7 Å². The number of carbonyl (C=O) groups is 2. The lowest BCUT2D eigenvalue weighted by molar-refractivity contribution is -0.385. The van der Waals surface area contributed by atoms with Crippen LogP contribution in [0.4, 0.5) is 10.5 Å². The molecule has 0 aromatic heterocycles. The van der Waals surface area contributed by atoms with E-state index in [1.165, 1.54) is 19.2 Å². The Bertz CT molecular complexity index is 1140. The first-order valence-electron chi connectivity index (χ1n) is 11.1. The van der Waals surface area contributed by atoms with Crippen LogP contribution in [-0.4, -0.2) is 43.9 Å². The number of nitro groups is 1. The fourth-order valence-electron chi connectivity index (χ4n) is 3.70. The molecule has 2 aromatic carbocycles. The van der Waals surface area contributed by atoms with Gasteiger partial charge in [-0.15, -0.1) is 0 Å². The molecular formula is C24H27N3O8. The fourth-order valence-corrected chi connectivity index (χ4v) is 3.70. The van der Waals surface area contributed by atoms with E-state index in [2.05, 4.69) is 10.6 Å². The smallest absolute Gasteiger partial charge is 0.338 e. The van der Waals surface area contributed by atoms with Crippen LogP contribution in [-0.2, 0) is 9.53 Å². The van der Waals surface area contributed by atoms with E-state index >= 15 is 0 Å². The van der Waals surface area contributed by atoms with Crippen molar-refractivity contribution >= 4 is 23.4 Å². The van der Waals surface area contributed by atoms with Gasteiger partial charge in [0.2, 0.25) is 5.75 Å². The molecule has 1 aliphatic rings. The molecule has 3 rings (SSSR count). The molecule has 186 valence electrons. The number of urea groups is 1. The third-order valence-electron chi connectivity index (χ3n) is 5.14. The van der Waals surface area contributed by atoms with Crippen LogP contribution >= 0.6 is 0 Å². The first-order chi connectivity index (χ1) is 16.8. The lowest BCUT2D eigenvalue weighted by atomic mass is 9.91. The maximum absolute atomic E-state index is 13.2. The lowest BCUT2D eigenvalue weighted by Crippen LogP contribution is -2.45. The second-order valence-electron chi connectivity index (χ2n) is 7.25. The number of methoxy groups -OCH3 is 1. The first-order valence-corrected chi connectivity index (χ1v) is 11.1. The van der Waals surface area contributed by atoms with Crippen molar-refractivity contribution in [3.63, 3.8) is 0 Å². The van der Waals surface area contributed by atoms with Gasteiger partial charge in [0.1, 0.15) is 11.5 Å². The molecule has 1 aliphatic heterocycles. The summed E-state index contributed by atoms with van der Waals surface area (Å²) in [5, 5.41) is 17.2. The van der Waals surface area contributed by atoms with Crippen LogP contribution in [0.3, 0.4) is 0 Å². The number of carbonyl (C=O) groups excluding carboxylic acids is 2. The van der Waals surface area contributed by atoms with Gasteiger partial charge in [-0.2, -0.15) is 0 Å². The number of hydrogen-bond donors (Lipinski definition) is 2. The zero-order valence-electron chi connectivity index (χ0n) is 19.9. The highest BCUT2D eigenvalue weighted by molar-refractivity contribution is 6.04. The predicted octanol–water partition coefficient (Wildman–Crippen LogP) is 3.73. The van der Waals surface area contributed by atoms with Crippen molar-refractivity contribution in [2.75, 3.05) is 26.9 Å². The van der Waals surface area contributed by atoms with Crippen LogP contribution in [0.1, 0.15) is 37.9 Å². The van der Waals surface area contributed by atoms with Crippen molar-refractivity contribution in [2.45, 2.75) is 26.8 Å². The van der Waals surface area contributed by atoms with Crippen LogP contribution in [0.25, 0.3) is 5.70 Å². The molecule has 1 unspecified atom stereocenters. The Morgan fingerprint density at radius 1 is 1.03 bits per heavy atom. The molecule has 0 aliphatic carbocycles. The number of ether oxygens (including phenoxy) is 4. The summed E-state index contributed by atoms with van der Waals surface area (Å²) in [6, 6.07) is 7.66. The molecule has 35 heavy (non-hydrogen) atoms. The quantitative estimate of drug-likeness (QED) is 0.295. The summed E-state index contributed by atoms with van der Waals surface area (Å²) >= 11 is 0. The van der Waals surface area contributed by atoms with Crippen molar-refractivity contribution in [1.29, 1.82) is 0 Å². The van der Waals surface area contributed by atoms with E-state index in [-0.39, 0.29) is 53.8 Å². The van der Waals surface area contributed by atoms with Crippen LogP contribution in [0.15, 0.2) is 42.0 Å². The molecule has 0 saturated carbocycles. The third kappa shape index (κ3) is 5.45. The van der Waals surface area contributed by atoms with Crippen molar-refractivity contribution in [3.8, 4) is 17.2 Å². The summed E-state index contributed by atoms with van der Waals surface area (Å²) in [5.74, 6) is 0.131. The second-order valence-corrected chi connectivity index (χ2v) is 7.25. The molecule has 1 heterocycles. The van der Waals surface area contributed by atoms with E-state index in [4.69, 9.17) is 18.9 Å². The molecule has 2 N–H and O–H groups in total. The van der Waals surface area contributed by atoms with Gasteiger partial charge in [0, 0.05) is 17.7 Å². The summed E-state index contributed by atoms with van der Waals surface area (Å²) in [6.45, 7) is 5.62. The van der Waals surface area contributed by atoms with Crippen LogP contribution in [0.5, 0.6) is 17.2 Å². The zero-order valence-corrected chi connectivity index (χ0v) is 19.9. The Morgan fingerprint density at radius 3 is 2.26 bits per heavy atom. The van der Waals surface area contributed by atoms with Crippen LogP contribution < -0.4 is 24.8 Å². The van der Waals surface area contributed by atoms with E-state index in [0.717, 1.165) is 0 Å². The molecule has 11 heteroatoms. The standard InChI is InChI=1S/C24H27N3O8/c1-5-33-18-13-19(34-6-2)17(27(30)31)12-16(18)22-20(23(28)35-7-3)21(25-24(29)26-22)14-8-10-15(32-4)11-9-14/h8-13,22H,5-7H2,1-4H3,(H2,25,26,29). The number of hydrogen-bond acceptors (Lipinski definition) is 8. The Labute approximate surface area is 202 Å². The SMILES string of the molecule is CCOC(=O)C1=C(c2ccc(OC)cc2)NC(=O)NC1c1cc([N+](=O)[O-])c(OCC)cc1OCC. The summed E-state index contributed by atoms with van der Waals surface area (Å²) in [4.78, 5) is 37.1. The molecule has 0 bridgehead atoms. The summed E-state index contributed by atoms with van der Waals surface area (Å²) in [5.41, 5.74) is 0.681. The van der Waals surface area contributed by atoms with Gasteiger partial charge in [0.05, 0.1) is 49.2 Å². The molecule has 0 spiro atoms. The summed E-state index contributed by atoms with van der Waals surface area (Å²) in [6.07, 6.45) is 0. The number of nitrogens with one attached hydrogen (secondary N) is 2. The minimum Gasteiger partial charge on any atom is -0.497 e. The van der Waals surface area contributed by atoms with Crippen LogP contribution in [0.2, 0.25) is 0 Å². The Morgan fingerprint density at radius 2 is 1.69 bits per heavy atom. The minimum absolute atomic E-state index is 0.0157.